The Morgan fingerprint density at radius 3 is 2.21 bits per heavy atom. The van der Waals surface area contributed by atoms with Crippen LogP contribution < -0.4 is 0 Å². The van der Waals surface area contributed by atoms with Gasteiger partial charge in [-0.3, -0.25) is 4.79 Å². The molecule has 1 aromatic carbocycles. The van der Waals surface area contributed by atoms with Crippen molar-refractivity contribution in [3.8, 4) is 0 Å². The number of ether oxygens (including phenoxy) is 2. The normalized spacial score (nSPS) is 29.7. The number of benzene rings is 1. The predicted molar refractivity (Wildman–Crippen MR) is 95.2 cm³/mol. The first kappa shape index (κ1) is 22.3. The molecule has 0 spiro atoms. The number of aliphatic carboxylic acids is 1. The molecule has 5 N–H and O–H groups in total. The van der Waals surface area contributed by atoms with Crippen molar-refractivity contribution in [1.29, 1.82) is 0 Å². The van der Waals surface area contributed by atoms with Gasteiger partial charge in [0, 0.05) is 6.61 Å². The zero-order valence-electron chi connectivity index (χ0n) is 15.6. The highest BCUT2D eigenvalue weighted by Gasteiger charge is 2.48. The van der Waals surface area contributed by atoms with E-state index in [1.165, 1.54) is 0 Å². The summed E-state index contributed by atoms with van der Waals surface area (Å²) in [6.45, 7) is 3.56. The van der Waals surface area contributed by atoms with Crippen LogP contribution in [0.1, 0.15) is 30.9 Å². The van der Waals surface area contributed by atoms with Crippen LogP contribution in [0.4, 0.5) is 0 Å². The van der Waals surface area contributed by atoms with Crippen LogP contribution in [0.3, 0.4) is 0 Å². The van der Waals surface area contributed by atoms with E-state index in [1.807, 2.05) is 19.1 Å². The molecule has 1 aromatic rings. The minimum absolute atomic E-state index is 0.0755. The zero-order chi connectivity index (χ0) is 21.0. The van der Waals surface area contributed by atoms with Crippen LogP contribution in [-0.4, -0.2) is 74.8 Å². The minimum atomic E-state index is -1.85. The molecular formula is C19H26O9. The van der Waals surface area contributed by atoms with Gasteiger partial charge in [-0.15, -0.1) is 0 Å². The van der Waals surface area contributed by atoms with Crippen LogP contribution in [-0.2, 0) is 25.5 Å². The Morgan fingerprint density at radius 1 is 1.07 bits per heavy atom. The molecule has 9 nitrogen and oxygen atoms in total. The molecule has 2 rings (SSSR count). The maximum absolute atomic E-state index is 12.4. The molecule has 2 unspecified atom stereocenters. The van der Waals surface area contributed by atoms with Crippen molar-refractivity contribution >= 4 is 11.9 Å². The largest absolute Gasteiger partial charge is 0.479 e. The smallest absolute Gasteiger partial charge is 0.335 e. The summed E-state index contributed by atoms with van der Waals surface area (Å²) in [5.41, 5.74) is 1.63. The van der Waals surface area contributed by atoms with Crippen LogP contribution in [0.2, 0.25) is 0 Å². The Labute approximate surface area is 162 Å². The predicted octanol–water partition coefficient (Wildman–Crippen LogP) is -0.604. The van der Waals surface area contributed by atoms with E-state index in [1.54, 1.807) is 19.1 Å². The monoisotopic (exact) mass is 398 g/mol. The van der Waals surface area contributed by atoms with Crippen molar-refractivity contribution in [2.45, 2.75) is 56.9 Å². The molecule has 0 bridgehead atoms. The van der Waals surface area contributed by atoms with Crippen LogP contribution in [0.15, 0.2) is 24.3 Å². The molecule has 0 amide bonds. The molecule has 1 aliphatic rings. The maximum atomic E-state index is 12.4. The second-order valence-corrected chi connectivity index (χ2v) is 7.13. The Morgan fingerprint density at radius 2 is 1.68 bits per heavy atom. The lowest BCUT2D eigenvalue weighted by molar-refractivity contribution is -0.286. The van der Waals surface area contributed by atoms with Gasteiger partial charge in [-0.25, -0.2) is 4.79 Å². The molecular weight excluding hydrogens is 372 g/mol. The van der Waals surface area contributed by atoms with Crippen LogP contribution in [0.25, 0.3) is 0 Å². The van der Waals surface area contributed by atoms with Crippen LogP contribution in [0.5, 0.6) is 0 Å². The highest BCUT2D eigenvalue weighted by atomic mass is 16.7. The fraction of sp³-hybridized carbons (Fsp3) is 0.579. The van der Waals surface area contributed by atoms with E-state index in [4.69, 9.17) is 19.7 Å². The Hall–Kier alpha value is -2.04. The molecule has 1 heterocycles. The second-order valence-electron chi connectivity index (χ2n) is 7.13. The van der Waals surface area contributed by atoms with E-state index in [2.05, 4.69) is 0 Å². The van der Waals surface area contributed by atoms with Gasteiger partial charge in [0.25, 0.3) is 0 Å². The maximum Gasteiger partial charge on any atom is 0.335 e. The average molecular weight is 398 g/mol. The lowest BCUT2D eigenvalue weighted by atomic mass is 9.96. The third kappa shape index (κ3) is 5.06. The highest BCUT2D eigenvalue weighted by molar-refractivity contribution is 5.78. The number of esters is 1. The van der Waals surface area contributed by atoms with Crippen molar-refractivity contribution < 1.29 is 44.6 Å². The summed E-state index contributed by atoms with van der Waals surface area (Å²) in [6, 6.07) is 7.14. The number of carbonyl (C=O) groups excluding carboxylic acids is 1. The van der Waals surface area contributed by atoms with Crippen molar-refractivity contribution in [3.05, 3.63) is 35.4 Å². The molecule has 9 heteroatoms. The summed E-state index contributed by atoms with van der Waals surface area (Å²) in [4.78, 5) is 23.5. The van der Waals surface area contributed by atoms with Gasteiger partial charge in [0.15, 0.2) is 6.10 Å². The first-order chi connectivity index (χ1) is 13.1. The number of carboxylic acids is 1. The molecule has 1 saturated heterocycles. The lowest BCUT2D eigenvalue weighted by Crippen LogP contribution is -2.60. The van der Waals surface area contributed by atoms with E-state index in [-0.39, 0.29) is 12.5 Å². The number of aliphatic hydroxyl groups is 4. The van der Waals surface area contributed by atoms with Crippen LogP contribution in [0, 0.1) is 5.92 Å². The first-order valence-electron chi connectivity index (χ1n) is 8.98. The van der Waals surface area contributed by atoms with Gasteiger partial charge < -0.3 is 35.0 Å². The standard InChI is InChI=1S/C19H26O9/c1-9(8-20)7-11-3-5-12(6-4-11)10(2)18(26)28-19-15(23)13(21)14(22)16(27-19)17(24)25/h3-6,9-10,13-16,19-23H,7-8H2,1-2H3,(H,24,25)/t9?,10?,13-,14-,15+,16-,19-/m0/s1. The summed E-state index contributed by atoms with van der Waals surface area (Å²) in [5.74, 6) is -2.97. The number of rotatable bonds is 7. The number of aliphatic hydroxyl groups excluding tert-OH is 4. The number of carboxylic acid groups (broad SMARTS) is 1. The first-order valence-corrected chi connectivity index (χ1v) is 8.98. The molecule has 1 aliphatic heterocycles. The Bertz CT molecular complexity index is 674. The number of hydrogen-bond acceptors (Lipinski definition) is 8. The topological polar surface area (TPSA) is 154 Å². The summed E-state index contributed by atoms with van der Waals surface area (Å²) >= 11 is 0. The fourth-order valence-electron chi connectivity index (χ4n) is 2.91. The number of carbonyl (C=O) groups is 2. The van der Waals surface area contributed by atoms with E-state index in [0.29, 0.717) is 12.0 Å². The minimum Gasteiger partial charge on any atom is -0.479 e. The quantitative estimate of drug-likeness (QED) is 0.379. The lowest BCUT2D eigenvalue weighted by Gasteiger charge is -2.38. The number of hydrogen-bond donors (Lipinski definition) is 5. The molecule has 0 saturated carbocycles. The van der Waals surface area contributed by atoms with E-state index < -0.39 is 48.6 Å². The van der Waals surface area contributed by atoms with Crippen molar-refractivity contribution in [1.82, 2.24) is 0 Å². The molecule has 1 fully saturated rings. The third-order valence-corrected chi connectivity index (χ3v) is 4.77. The highest BCUT2D eigenvalue weighted by Crippen LogP contribution is 2.25. The molecule has 0 radical (unpaired) electrons. The fourth-order valence-corrected chi connectivity index (χ4v) is 2.91. The van der Waals surface area contributed by atoms with Gasteiger partial charge in [-0.2, -0.15) is 0 Å². The van der Waals surface area contributed by atoms with Crippen molar-refractivity contribution in [3.63, 3.8) is 0 Å². The Kier molecular flexibility index (Phi) is 7.50. The van der Waals surface area contributed by atoms with Crippen molar-refractivity contribution in [2.24, 2.45) is 5.92 Å². The van der Waals surface area contributed by atoms with Gasteiger partial charge in [0.05, 0.1) is 5.92 Å². The molecule has 28 heavy (non-hydrogen) atoms. The second kappa shape index (κ2) is 9.44. The van der Waals surface area contributed by atoms with E-state index in [9.17, 15) is 24.9 Å². The summed E-state index contributed by atoms with van der Waals surface area (Å²) in [6.07, 6.45) is -8.35. The van der Waals surface area contributed by atoms with Gasteiger partial charge in [-0.1, -0.05) is 31.2 Å². The van der Waals surface area contributed by atoms with Crippen molar-refractivity contribution in [2.75, 3.05) is 6.61 Å². The SMILES string of the molecule is CC(CO)Cc1ccc(C(C)C(=O)O[C@@H]2O[C@H](C(=O)O)[C@@H](O)[C@H](O)[C@H]2O)cc1. The zero-order valence-corrected chi connectivity index (χ0v) is 15.6. The molecule has 0 aliphatic carbocycles. The van der Waals surface area contributed by atoms with Gasteiger partial charge in [0.2, 0.25) is 6.29 Å². The van der Waals surface area contributed by atoms with Gasteiger partial charge in [-0.05, 0) is 30.4 Å². The van der Waals surface area contributed by atoms with E-state index >= 15 is 0 Å². The molecule has 156 valence electrons. The Balaban J connectivity index is 2.03. The molecule has 0 aromatic heterocycles. The summed E-state index contributed by atoms with van der Waals surface area (Å²) in [7, 11) is 0. The third-order valence-electron chi connectivity index (χ3n) is 4.77. The summed E-state index contributed by atoms with van der Waals surface area (Å²) in [5, 5.41) is 47.5. The summed E-state index contributed by atoms with van der Waals surface area (Å²) < 4.78 is 10.0. The molecule has 7 atom stereocenters. The van der Waals surface area contributed by atoms with Gasteiger partial charge >= 0.3 is 11.9 Å². The van der Waals surface area contributed by atoms with Crippen LogP contribution >= 0.6 is 0 Å². The van der Waals surface area contributed by atoms with Gasteiger partial charge in [0.1, 0.15) is 18.3 Å². The average Bonchev–Trinajstić information content (AvgIpc) is 2.67. The van der Waals surface area contributed by atoms with E-state index in [0.717, 1.165) is 5.56 Å².